The van der Waals surface area contributed by atoms with E-state index in [1.807, 2.05) is 19.2 Å². The molecule has 0 aliphatic heterocycles. The van der Waals surface area contributed by atoms with Gasteiger partial charge in [0, 0.05) is 10.5 Å². The molecular weight excluding hydrogens is 326 g/mol. The van der Waals surface area contributed by atoms with E-state index in [2.05, 4.69) is 58.5 Å². The molecule has 2 nitrogen and oxygen atoms in total. The van der Waals surface area contributed by atoms with Crippen LogP contribution in [-0.4, -0.2) is 14.2 Å². The van der Waals surface area contributed by atoms with E-state index in [0.717, 1.165) is 23.1 Å². The van der Waals surface area contributed by atoms with Gasteiger partial charge in [0.15, 0.2) is 0 Å². The molecule has 0 aromatic heterocycles. The number of hydrogen-bond donors (Lipinski definition) is 1. The number of likely N-dealkylation sites (N-methyl/N-ethyl adjacent to an activating group) is 1. The Labute approximate surface area is 135 Å². The van der Waals surface area contributed by atoms with Crippen LogP contribution in [0.4, 0.5) is 0 Å². The van der Waals surface area contributed by atoms with Gasteiger partial charge in [-0.05, 0) is 54.8 Å². The molecule has 0 saturated heterocycles. The molecule has 0 radical (unpaired) electrons. The molecule has 3 heteroatoms. The number of nitrogens with one attached hydrogen (secondary N) is 1. The first-order valence-electron chi connectivity index (χ1n) is 7.27. The van der Waals surface area contributed by atoms with Crippen LogP contribution < -0.4 is 10.1 Å². The molecule has 0 heterocycles. The minimum atomic E-state index is 0.282. The summed E-state index contributed by atoms with van der Waals surface area (Å²) in [6.07, 6.45) is 1.94. The Morgan fingerprint density at radius 1 is 1.14 bits per heavy atom. The van der Waals surface area contributed by atoms with E-state index in [-0.39, 0.29) is 6.04 Å². The van der Waals surface area contributed by atoms with Gasteiger partial charge in [0.05, 0.1) is 7.11 Å². The molecule has 1 N–H and O–H groups in total. The Hall–Kier alpha value is -1.32. The van der Waals surface area contributed by atoms with E-state index in [1.165, 1.54) is 16.7 Å². The van der Waals surface area contributed by atoms with Crippen molar-refractivity contribution in [2.45, 2.75) is 25.8 Å². The van der Waals surface area contributed by atoms with E-state index in [9.17, 15) is 0 Å². The van der Waals surface area contributed by atoms with Crippen molar-refractivity contribution in [1.29, 1.82) is 0 Å². The quantitative estimate of drug-likeness (QED) is 0.829. The summed E-state index contributed by atoms with van der Waals surface area (Å²) in [5, 5.41) is 3.44. The number of aryl methyl sites for hydroxylation is 1. The molecule has 0 aliphatic rings. The fourth-order valence-corrected chi connectivity index (χ4v) is 3.10. The highest BCUT2D eigenvalue weighted by Crippen LogP contribution is 2.29. The van der Waals surface area contributed by atoms with Crippen molar-refractivity contribution < 1.29 is 4.74 Å². The Morgan fingerprint density at radius 3 is 2.57 bits per heavy atom. The topological polar surface area (TPSA) is 21.3 Å². The molecule has 2 rings (SSSR count). The van der Waals surface area contributed by atoms with Gasteiger partial charge in [-0.25, -0.2) is 0 Å². The predicted octanol–water partition coefficient (Wildman–Crippen LogP) is 4.52. The molecule has 2 aromatic carbocycles. The second-order valence-electron chi connectivity index (χ2n) is 5.05. The first-order chi connectivity index (χ1) is 10.2. The van der Waals surface area contributed by atoms with Gasteiger partial charge in [0.1, 0.15) is 5.75 Å². The number of rotatable bonds is 6. The lowest BCUT2D eigenvalue weighted by Gasteiger charge is -2.21. The van der Waals surface area contributed by atoms with Gasteiger partial charge in [0.25, 0.3) is 0 Å². The van der Waals surface area contributed by atoms with Crippen molar-refractivity contribution in [3.05, 3.63) is 63.6 Å². The van der Waals surface area contributed by atoms with Crippen molar-refractivity contribution in [2.75, 3.05) is 14.2 Å². The van der Waals surface area contributed by atoms with Crippen LogP contribution in [0.1, 0.15) is 29.7 Å². The first kappa shape index (κ1) is 16.1. The summed E-state index contributed by atoms with van der Waals surface area (Å²) in [5.41, 5.74) is 3.97. The van der Waals surface area contributed by atoms with Crippen LogP contribution in [-0.2, 0) is 12.8 Å². The van der Waals surface area contributed by atoms with Crippen molar-refractivity contribution in [3.63, 3.8) is 0 Å². The first-order valence-corrected chi connectivity index (χ1v) is 8.06. The molecule has 112 valence electrons. The van der Waals surface area contributed by atoms with Crippen LogP contribution in [0.15, 0.2) is 46.9 Å². The fourth-order valence-electron chi connectivity index (χ4n) is 2.69. The minimum Gasteiger partial charge on any atom is -0.496 e. The maximum absolute atomic E-state index is 5.49. The lowest BCUT2D eigenvalue weighted by atomic mass is 9.93. The van der Waals surface area contributed by atoms with Gasteiger partial charge in [-0.1, -0.05) is 47.1 Å². The van der Waals surface area contributed by atoms with Gasteiger partial charge in [-0.15, -0.1) is 0 Å². The molecule has 0 spiro atoms. The maximum Gasteiger partial charge on any atom is 0.122 e. The summed E-state index contributed by atoms with van der Waals surface area (Å²) in [5.74, 6) is 0.937. The Bertz CT molecular complexity index is 598. The average molecular weight is 348 g/mol. The lowest BCUT2D eigenvalue weighted by Crippen LogP contribution is -2.20. The molecule has 0 fully saturated rings. The number of methoxy groups -OCH3 is 1. The number of halogens is 1. The highest BCUT2D eigenvalue weighted by molar-refractivity contribution is 9.10. The van der Waals surface area contributed by atoms with Gasteiger partial charge >= 0.3 is 0 Å². The third-order valence-corrected chi connectivity index (χ3v) is 4.32. The van der Waals surface area contributed by atoms with Crippen molar-refractivity contribution >= 4 is 15.9 Å². The molecule has 1 unspecified atom stereocenters. The van der Waals surface area contributed by atoms with Crippen LogP contribution in [0.5, 0.6) is 5.75 Å². The van der Waals surface area contributed by atoms with Gasteiger partial charge in [0.2, 0.25) is 0 Å². The summed E-state index contributed by atoms with van der Waals surface area (Å²) >= 11 is 3.55. The standard InChI is InChI=1S/C18H22BrNO/c1-4-13-7-5-6-8-16(13)17(20-2)12-14-11-15(19)9-10-18(14)21-3/h5-11,17,20H,4,12H2,1-3H3. The summed E-state index contributed by atoms with van der Waals surface area (Å²) in [6.45, 7) is 2.20. The van der Waals surface area contributed by atoms with E-state index in [4.69, 9.17) is 4.74 Å². The SMILES string of the molecule is CCc1ccccc1C(Cc1cc(Br)ccc1OC)NC. The second-order valence-corrected chi connectivity index (χ2v) is 5.97. The normalized spacial score (nSPS) is 12.2. The van der Waals surface area contributed by atoms with E-state index in [1.54, 1.807) is 7.11 Å². The largest absolute Gasteiger partial charge is 0.496 e. The zero-order valence-corrected chi connectivity index (χ0v) is 14.4. The average Bonchev–Trinajstić information content (AvgIpc) is 2.52. The molecule has 0 aliphatic carbocycles. The van der Waals surface area contributed by atoms with Crippen molar-refractivity contribution in [2.24, 2.45) is 0 Å². The highest BCUT2D eigenvalue weighted by Gasteiger charge is 2.15. The molecule has 0 amide bonds. The summed E-state index contributed by atoms with van der Waals surface area (Å²) in [7, 11) is 3.74. The molecule has 2 aromatic rings. The highest BCUT2D eigenvalue weighted by atomic mass is 79.9. The van der Waals surface area contributed by atoms with Crippen molar-refractivity contribution in [1.82, 2.24) is 5.32 Å². The van der Waals surface area contributed by atoms with E-state index in [0.29, 0.717) is 0 Å². The molecule has 1 atom stereocenters. The summed E-state index contributed by atoms with van der Waals surface area (Å²) in [6, 6.07) is 15.1. The second kappa shape index (κ2) is 7.62. The zero-order chi connectivity index (χ0) is 15.2. The van der Waals surface area contributed by atoms with Crippen LogP contribution in [0.3, 0.4) is 0 Å². The molecule has 0 bridgehead atoms. The number of hydrogen-bond acceptors (Lipinski definition) is 2. The monoisotopic (exact) mass is 347 g/mol. The zero-order valence-electron chi connectivity index (χ0n) is 12.8. The third kappa shape index (κ3) is 3.86. The lowest BCUT2D eigenvalue weighted by molar-refractivity contribution is 0.406. The Balaban J connectivity index is 2.33. The van der Waals surface area contributed by atoms with Crippen LogP contribution >= 0.6 is 15.9 Å². The van der Waals surface area contributed by atoms with Gasteiger partial charge in [-0.2, -0.15) is 0 Å². The molecule has 21 heavy (non-hydrogen) atoms. The van der Waals surface area contributed by atoms with E-state index >= 15 is 0 Å². The Kier molecular flexibility index (Phi) is 5.83. The minimum absolute atomic E-state index is 0.282. The summed E-state index contributed by atoms with van der Waals surface area (Å²) in [4.78, 5) is 0. The van der Waals surface area contributed by atoms with Crippen LogP contribution in [0, 0.1) is 0 Å². The van der Waals surface area contributed by atoms with Crippen molar-refractivity contribution in [3.8, 4) is 5.75 Å². The molecule has 0 saturated carbocycles. The maximum atomic E-state index is 5.49. The molecular formula is C18H22BrNO. The fraction of sp³-hybridized carbons (Fsp3) is 0.333. The van der Waals surface area contributed by atoms with Gasteiger partial charge < -0.3 is 10.1 Å². The van der Waals surface area contributed by atoms with Crippen LogP contribution in [0.2, 0.25) is 0 Å². The smallest absolute Gasteiger partial charge is 0.122 e. The Morgan fingerprint density at radius 2 is 1.90 bits per heavy atom. The van der Waals surface area contributed by atoms with Crippen LogP contribution in [0.25, 0.3) is 0 Å². The predicted molar refractivity (Wildman–Crippen MR) is 92.0 cm³/mol. The third-order valence-electron chi connectivity index (χ3n) is 3.83. The number of benzene rings is 2. The summed E-state index contributed by atoms with van der Waals surface area (Å²) < 4.78 is 6.57. The van der Waals surface area contributed by atoms with E-state index < -0.39 is 0 Å². The van der Waals surface area contributed by atoms with Gasteiger partial charge in [-0.3, -0.25) is 0 Å². The number of ether oxygens (including phenoxy) is 1.